The van der Waals surface area contributed by atoms with E-state index in [1.165, 1.54) is 16.4 Å². The summed E-state index contributed by atoms with van der Waals surface area (Å²) in [4.78, 5) is 13.4. The van der Waals surface area contributed by atoms with Crippen LogP contribution in [0, 0.1) is 5.82 Å². The second-order valence-corrected chi connectivity index (χ2v) is 7.46. The van der Waals surface area contributed by atoms with Gasteiger partial charge in [0.1, 0.15) is 0 Å². The van der Waals surface area contributed by atoms with Crippen molar-refractivity contribution >= 4 is 15.9 Å². The topological polar surface area (TPSA) is 66.9 Å². The number of hydrogen-bond acceptors (Lipinski definition) is 4. The maximum absolute atomic E-state index is 14.0. The summed E-state index contributed by atoms with van der Waals surface area (Å²) >= 11 is 0. The first kappa shape index (κ1) is 18.7. The molecule has 6 nitrogen and oxygen atoms in total. The van der Waals surface area contributed by atoms with Crippen molar-refractivity contribution in [1.82, 2.24) is 9.21 Å². The molecule has 0 saturated carbocycles. The highest BCUT2D eigenvalue weighted by molar-refractivity contribution is 7.89. The van der Waals surface area contributed by atoms with Crippen LogP contribution in [-0.4, -0.2) is 56.3 Å². The summed E-state index contributed by atoms with van der Waals surface area (Å²) in [7, 11) is -3.80. The highest BCUT2D eigenvalue weighted by Crippen LogP contribution is 2.24. The summed E-state index contributed by atoms with van der Waals surface area (Å²) in [6.45, 7) is 5.22. The third-order valence-corrected chi connectivity index (χ3v) is 5.85. The molecule has 1 saturated heterocycles. The molecule has 0 N–H and O–H groups in total. The van der Waals surface area contributed by atoms with E-state index in [4.69, 9.17) is 4.74 Å². The average Bonchev–Trinajstić information content (AvgIpc) is 2.82. The Bertz CT molecular complexity index is 693. The zero-order chi connectivity index (χ0) is 17.7. The van der Waals surface area contributed by atoms with E-state index in [0.29, 0.717) is 39.1 Å². The van der Waals surface area contributed by atoms with Gasteiger partial charge in [-0.05, 0) is 31.5 Å². The van der Waals surface area contributed by atoms with Crippen LogP contribution in [0.5, 0.6) is 5.75 Å². The number of benzene rings is 1. The van der Waals surface area contributed by atoms with Crippen LogP contribution in [-0.2, 0) is 14.8 Å². The minimum Gasteiger partial charge on any atom is -0.491 e. The van der Waals surface area contributed by atoms with E-state index >= 15 is 0 Å². The first-order valence-electron chi connectivity index (χ1n) is 8.10. The van der Waals surface area contributed by atoms with Crippen LogP contribution in [0.1, 0.15) is 26.7 Å². The second-order valence-electron chi connectivity index (χ2n) is 5.52. The Morgan fingerprint density at radius 2 is 1.96 bits per heavy atom. The van der Waals surface area contributed by atoms with E-state index in [2.05, 4.69) is 0 Å². The summed E-state index contributed by atoms with van der Waals surface area (Å²) in [5, 5.41) is 0. The van der Waals surface area contributed by atoms with Gasteiger partial charge in [-0.2, -0.15) is 4.31 Å². The fraction of sp³-hybridized carbons (Fsp3) is 0.562. The molecule has 1 aromatic rings. The Kier molecular flexibility index (Phi) is 6.17. The van der Waals surface area contributed by atoms with Crippen LogP contribution in [0.3, 0.4) is 0 Å². The molecule has 1 fully saturated rings. The highest BCUT2D eigenvalue weighted by atomic mass is 32.2. The number of halogens is 1. The minimum absolute atomic E-state index is 0.0151. The Morgan fingerprint density at radius 3 is 2.58 bits per heavy atom. The quantitative estimate of drug-likeness (QED) is 0.806. The van der Waals surface area contributed by atoms with Gasteiger partial charge >= 0.3 is 0 Å². The summed E-state index contributed by atoms with van der Waals surface area (Å²) in [5.41, 5.74) is 0. The molecule has 0 atom stereocenters. The molecule has 1 heterocycles. The van der Waals surface area contributed by atoms with Gasteiger partial charge in [-0.25, -0.2) is 12.8 Å². The van der Waals surface area contributed by atoms with Crippen molar-refractivity contribution < 1.29 is 22.3 Å². The van der Waals surface area contributed by atoms with Gasteiger partial charge in [0.25, 0.3) is 0 Å². The number of nitrogens with zero attached hydrogens (tertiary/aromatic N) is 2. The van der Waals surface area contributed by atoms with Crippen molar-refractivity contribution in [3.8, 4) is 5.75 Å². The number of amides is 1. The molecule has 0 aromatic heterocycles. The van der Waals surface area contributed by atoms with Crippen LogP contribution < -0.4 is 4.74 Å². The predicted molar refractivity (Wildman–Crippen MR) is 87.8 cm³/mol. The third-order valence-electron chi connectivity index (χ3n) is 3.95. The van der Waals surface area contributed by atoms with Crippen molar-refractivity contribution in [2.75, 3.05) is 32.8 Å². The summed E-state index contributed by atoms with van der Waals surface area (Å²) < 4.78 is 45.8. The summed E-state index contributed by atoms with van der Waals surface area (Å²) in [6, 6.07) is 3.67. The van der Waals surface area contributed by atoms with Crippen molar-refractivity contribution in [1.29, 1.82) is 0 Å². The van der Waals surface area contributed by atoms with Crippen molar-refractivity contribution in [2.24, 2.45) is 0 Å². The Labute approximate surface area is 142 Å². The minimum atomic E-state index is -3.80. The Balaban J connectivity index is 2.18. The molecule has 134 valence electrons. The van der Waals surface area contributed by atoms with E-state index < -0.39 is 15.8 Å². The molecule has 0 spiro atoms. The molecular weight excluding hydrogens is 335 g/mol. The van der Waals surface area contributed by atoms with Gasteiger partial charge in [0.05, 0.1) is 11.5 Å². The number of carbonyl (C=O) groups excluding carboxylic acids is 1. The van der Waals surface area contributed by atoms with Gasteiger partial charge < -0.3 is 9.64 Å². The van der Waals surface area contributed by atoms with Gasteiger partial charge in [-0.1, -0.05) is 6.92 Å². The lowest BCUT2D eigenvalue weighted by Crippen LogP contribution is -2.37. The predicted octanol–water partition coefficient (Wildman–Crippen LogP) is 1.86. The molecule has 8 heteroatoms. The third kappa shape index (κ3) is 4.05. The summed E-state index contributed by atoms with van der Waals surface area (Å²) in [5.74, 6) is -0.649. The molecule has 2 rings (SSSR count). The molecular formula is C16H23FN2O4S. The van der Waals surface area contributed by atoms with E-state index in [0.717, 1.165) is 6.07 Å². The summed E-state index contributed by atoms with van der Waals surface area (Å²) in [6.07, 6.45) is 0.960. The Morgan fingerprint density at radius 1 is 1.21 bits per heavy atom. The number of sulfonamides is 1. The second kappa shape index (κ2) is 7.94. The van der Waals surface area contributed by atoms with Crippen molar-refractivity contribution in [2.45, 2.75) is 31.6 Å². The fourth-order valence-corrected chi connectivity index (χ4v) is 4.15. The number of rotatable bonds is 5. The van der Waals surface area contributed by atoms with E-state index in [-0.39, 0.29) is 23.1 Å². The fourth-order valence-electron chi connectivity index (χ4n) is 2.67. The number of carbonyl (C=O) groups is 1. The van der Waals surface area contributed by atoms with Gasteiger partial charge in [0, 0.05) is 32.6 Å². The standard InChI is InChI=1S/C16H23FN2O4S/c1-3-16(20)18-8-5-9-19(11-10-18)24(21,22)13-6-7-15(23-4-2)14(17)12-13/h6-7,12H,3-5,8-11H2,1-2H3. The molecule has 1 amide bonds. The first-order valence-corrected chi connectivity index (χ1v) is 9.54. The SMILES string of the molecule is CCOc1ccc(S(=O)(=O)N2CCCN(C(=O)CC)CC2)cc1F. The first-order chi connectivity index (χ1) is 11.4. The lowest BCUT2D eigenvalue weighted by molar-refractivity contribution is -0.130. The molecule has 0 bridgehead atoms. The lowest BCUT2D eigenvalue weighted by Gasteiger charge is -2.21. The highest BCUT2D eigenvalue weighted by Gasteiger charge is 2.28. The zero-order valence-corrected chi connectivity index (χ0v) is 14.8. The molecule has 1 aliphatic rings. The molecule has 0 radical (unpaired) electrons. The zero-order valence-electron chi connectivity index (χ0n) is 14.0. The van der Waals surface area contributed by atoms with E-state index in [1.54, 1.807) is 18.7 Å². The van der Waals surface area contributed by atoms with Crippen molar-refractivity contribution in [3.63, 3.8) is 0 Å². The average molecular weight is 358 g/mol. The van der Waals surface area contributed by atoms with Crippen LogP contribution in [0.25, 0.3) is 0 Å². The molecule has 0 aliphatic carbocycles. The van der Waals surface area contributed by atoms with Crippen molar-refractivity contribution in [3.05, 3.63) is 24.0 Å². The van der Waals surface area contributed by atoms with Crippen LogP contribution in [0.4, 0.5) is 4.39 Å². The van der Waals surface area contributed by atoms with E-state index in [9.17, 15) is 17.6 Å². The maximum Gasteiger partial charge on any atom is 0.243 e. The normalized spacial score (nSPS) is 16.7. The Hall–Kier alpha value is -1.67. The van der Waals surface area contributed by atoms with Crippen LogP contribution >= 0.6 is 0 Å². The largest absolute Gasteiger partial charge is 0.491 e. The lowest BCUT2D eigenvalue weighted by atomic mass is 10.3. The van der Waals surface area contributed by atoms with Crippen LogP contribution in [0.2, 0.25) is 0 Å². The molecule has 24 heavy (non-hydrogen) atoms. The van der Waals surface area contributed by atoms with Gasteiger partial charge in [-0.15, -0.1) is 0 Å². The van der Waals surface area contributed by atoms with Gasteiger partial charge in [-0.3, -0.25) is 4.79 Å². The maximum atomic E-state index is 14.0. The van der Waals surface area contributed by atoms with Gasteiger partial charge in [0.2, 0.25) is 15.9 Å². The number of ether oxygens (including phenoxy) is 1. The van der Waals surface area contributed by atoms with Crippen LogP contribution in [0.15, 0.2) is 23.1 Å². The molecule has 0 unspecified atom stereocenters. The number of hydrogen-bond donors (Lipinski definition) is 0. The molecule has 1 aromatic carbocycles. The smallest absolute Gasteiger partial charge is 0.243 e. The molecule has 1 aliphatic heterocycles. The van der Waals surface area contributed by atoms with E-state index in [1.807, 2.05) is 0 Å². The monoisotopic (exact) mass is 358 g/mol. The van der Waals surface area contributed by atoms with Gasteiger partial charge in [0.15, 0.2) is 11.6 Å².